The number of hydrogen-bond donors (Lipinski definition) is 1. The Morgan fingerprint density at radius 2 is 2.24 bits per heavy atom. The van der Waals surface area contributed by atoms with E-state index < -0.39 is 5.72 Å². The Labute approximate surface area is 104 Å². The minimum atomic E-state index is -1.30. The lowest BCUT2D eigenvalue weighted by molar-refractivity contribution is -0.295. The van der Waals surface area contributed by atoms with E-state index in [0.717, 1.165) is 5.56 Å². The van der Waals surface area contributed by atoms with Crippen LogP contribution in [0.4, 0.5) is 5.69 Å². The zero-order chi connectivity index (χ0) is 12.6. The Morgan fingerprint density at radius 1 is 1.59 bits per heavy atom. The molecule has 1 aliphatic rings. The predicted molar refractivity (Wildman–Crippen MR) is 65.8 cm³/mol. The molecule has 1 amide bonds. The van der Waals surface area contributed by atoms with E-state index in [1.807, 2.05) is 12.1 Å². The molecule has 90 valence electrons. The first kappa shape index (κ1) is 12.1. The summed E-state index contributed by atoms with van der Waals surface area (Å²) in [5.74, 6) is -0.546. The van der Waals surface area contributed by atoms with Gasteiger partial charge in [-0.05, 0) is 13.0 Å². The lowest BCUT2D eigenvalue weighted by Crippen LogP contribution is -2.49. The van der Waals surface area contributed by atoms with Gasteiger partial charge in [0.15, 0.2) is 0 Å². The Balaban J connectivity index is 2.61. The number of hydrogen-bond acceptors (Lipinski definition) is 3. The van der Waals surface area contributed by atoms with Crippen molar-refractivity contribution in [2.45, 2.75) is 12.6 Å². The SMILES string of the molecule is C=C1c2ccccc2N(C(=O)CCl)C1(C)OO. The molecule has 4 nitrogen and oxygen atoms in total. The molecule has 0 saturated heterocycles. The summed E-state index contributed by atoms with van der Waals surface area (Å²) in [5.41, 5.74) is 0.631. The molecule has 1 N–H and O–H groups in total. The van der Waals surface area contributed by atoms with Crippen LogP contribution in [0.2, 0.25) is 0 Å². The van der Waals surface area contributed by atoms with E-state index in [1.165, 1.54) is 4.90 Å². The number of nitrogens with zero attached hydrogens (tertiary/aromatic N) is 1. The van der Waals surface area contributed by atoms with Crippen molar-refractivity contribution in [2.75, 3.05) is 10.8 Å². The Hall–Kier alpha value is -1.36. The highest BCUT2D eigenvalue weighted by Gasteiger charge is 2.47. The molecule has 0 spiro atoms. The highest BCUT2D eigenvalue weighted by atomic mass is 35.5. The molecule has 0 fully saturated rings. The van der Waals surface area contributed by atoms with Crippen molar-refractivity contribution < 1.29 is 14.9 Å². The third kappa shape index (κ3) is 1.57. The first-order valence-corrected chi connectivity index (χ1v) is 5.60. The van der Waals surface area contributed by atoms with Gasteiger partial charge < -0.3 is 0 Å². The fourth-order valence-corrected chi connectivity index (χ4v) is 2.19. The normalized spacial score (nSPS) is 22.8. The first-order valence-electron chi connectivity index (χ1n) is 5.06. The van der Waals surface area contributed by atoms with Crippen LogP contribution in [0.5, 0.6) is 0 Å². The maximum atomic E-state index is 11.9. The third-order valence-corrected chi connectivity index (χ3v) is 3.23. The van der Waals surface area contributed by atoms with Crippen molar-refractivity contribution in [1.29, 1.82) is 0 Å². The molecule has 17 heavy (non-hydrogen) atoms. The summed E-state index contributed by atoms with van der Waals surface area (Å²) in [4.78, 5) is 17.7. The first-order chi connectivity index (χ1) is 8.06. The van der Waals surface area contributed by atoms with E-state index in [2.05, 4.69) is 11.5 Å². The zero-order valence-corrected chi connectivity index (χ0v) is 10.1. The van der Waals surface area contributed by atoms with Gasteiger partial charge in [-0.2, -0.15) is 0 Å². The number of halogens is 1. The van der Waals surface area contributed by atoms with E-state index in [9.17, 15) is 4.79 Å². The standard InChI is InChI=1S/C12H12ClNO3/c1-8-9-5-3-4-6-10(9)14(11(15)7-13)12(8,2)17-16/h3-6,16H,1,7H2,2H3. The minimum absolute atomic E-state index is 0.194. The molecule has 1 atom stereocenters. The van der Waals surface area contributed by atoms with Crippen LogP contribution in [0.15, 0.2) is 30.8 Å². The maximum absolute atomic E-state index is 11.9. The monoisotopic (exact) mass is 253 g/mol. The average Bonchev–Trinajstić information content (AvgIpc) is 2.59. The van der Waals surface area contributed by atoms with Gasteiger partial charge in [-0.25, -0.2) is 10.1 Å². The van der Waals surface area contributed by atoms with Crippen LogP contribution >= 0.6 is 11.6 Å². The summed E-state index contributed by atoms with van der Waals surface area (Å²) >= 11 is 5.57. The molecule has 0 aliphatic carbocycles. The summed E-state index contributed by atoms with van der Waals surface area (Å²) in [6.45, 7) is 5.43. The topological polar surface area (TPSA) is 49.8 Å². The number of amides is 1. The molecule has 1 aromatic carbocycles. The summed E-state index contributed by atoms with van der Waals surface area (Å²) in [6, 6.07) is 7.20. The van der Waals surface area contributed by atoms with Crippen molar-refractivity contribution in [3.05, 3.63) is 36.4 Å². The molecule has 1 aromatic rings. The fraction of sp³-hybridized carbons (Fsp3) is 0.250. The largest absolute Gasteiger partial charge is 0.275 e. The van der Waals surface area contributed by atoms with E-state index in [1.54, 1.807) is 19.1 Å². The lowest BCUT2D eigenvalue weighted by Gasteiger charge is -2.32. The van der Waals surface area contributed by atoms with Gasteiger partial charge in [0.2, 0.25) is 11.6 Å². The lowest BCUT2D eigenvalue weighted by atomic mass is 10.0. The van der Waals surface area contributed by atoms with Gasteiger partial charge in [0, 0.05) is 11.1 Å². The number of benzene rings is 1. The number of carbonyl (C=O) groups excluding carboxylic acids is 1. The van der Waals surface area contributed by atoms with Crippen LogP contribution in [0.1, 0.15) is 12.5 Å². The number of rotatable bonds is 2. The molecule has 0 bridgehead atoms. The number of alkyl halides is 1. The summed E-state index contributed by atoms with van der Waals surface area (Å²) in [5, 5.41) is 9.08. The van der Waals surface area contributed by atoms with Crippen molar-refractivity contribution in [3.63, 3.8) is 0 Å². The second-order valence-corrected chi connectivity index (χ2v) is 4.20. The van der Waals surface area contributed by atoms with Crippen molar-refractivity contribution in [1.82, 2.24) is 0 Å². The van der Waals surface area contributed by atoms with E-state index in [4.69, 9.17) is 16.9 Å². The molecular weight excluding hydrogens is 242 g/mol. The van der Waals surface area contributed by atoms with Gasteiger partial charge >= 0.3 is 0 Å². The fourth-order valence-electron chi connectivity index (χ4n) is 2.07. The number of carbonyl (C=O) groups is 1. The van der Waals surface area contributed by atoms with Crippen LogP contribution in [0.25, 0.3) is 5.57 Å². The Morgan fingerprint density at radius 3 is 2.82 bits per heavy atom. The molecule has 1 heterocycles. The van der Waals surface area contributed by atoms with Gasteiger partial charge in [-0.15, -0.1) is 11.6 Å². The molecule has 0 aromatic heterocycles. The van der Waals surface area contributed by atoms with Gasteiger partial charge in [-0.1, -0.05) is 24.8 Å². The van der Waals surface area contributed by atoms with Crippen LogP contribution in [0.3, 0.4) is 0 Å². The van der Waals surface area contributed by atoms with E-state index in [0.29, 0.717) is 11.3 Å². The average molecular weight is 254 g/mol. The number of fused-ring (bicyclic) bond motifs is 1. The smallest absolute Gasteiger partial charge is 0.244 e. The van der Waals surface area contributed by atoms with Crippen LogP contribution in [-0.2, 0) is 9.68 Å². The summed E-state index contributed by atoms with van der Waals surface area (Å²) < 4.78 is 0. The second kappa shape index (κ2) is 4.14. The van der Waals surface area contributed by atoms with Gasteiger partial charge in [0.1, 0.15) is 5.88 Å². The van der Waals surface area contributed by atoms with Gasteiger partial charge in [0.25, 0.3) is 0 Å². The van der Waals surface area contributed by atoms with E-state index in [-0.39, 0.29) is 11.8 Å². The summed E-state index contributed by atoms with van der Waals surface area (Å²) in [6.07, 6.45) is 0. The van der Waals surface area contributed by atoms with Crippen molar-refractivity contribution >= 4 is 28.8 Å². The molecule has 1 unspecified atom stereocenters. The molecule has 2 rings (SSSR count). The molecule has 1 aliphatic heterocycles. The number of anilines is 1. The molecular formula is C12H12ClNO3. The molecule has 0 radical (unpaired) electrons. The highest BCUT2D eigenvalue weighted by molar-refractivity contribution is 6.30. The van der Waals surface area contributed by atoms with Gasteiger partial charge in [0.05, 0.1) is 5.69 Å². The maximum Gasteiger partial charge on any atom is 0.244 e. The van der Waals surface area contributed by atoms with Crippen LogP contribution < -0.4 is 4.90 Å². The number of para-hydroxylation sites is 1. The van der Waals surface area contributed by atoms with Crippen LogP contribution in [0, 0.1) is 0 Å². The van der Waals surface area contributed by atoms with E-state index >= 15 is 0 Å². The van der Waals surface area contributed by atoms with Gasteiger partial charge in [-0.3, -0.25) is 9.69 Å². The van der Waals surface area contributed by atoms with Crippen molar-refractivity contribution in [2.24, 2.45) is 0 Å². The quantitative estimate of drug-likeness (QED) is 0.500. The Bertz CT molecular complexity index is 488. The summed E-state index contributed by atoms with van der Waals surface area (Å²) in [7, 11) is 0. The Kier molecular flexibility index (Phi) is 2.95. The molecule has 5 heteroatoms. The molecule has 0 saturated carbocycles. The zero-order valence-electron chi connectivity index (χ0n) is 9.31. The van der Waals surface area contributed by atoms with Crippen molar-refractivity contribution in [3.8, 4) is 0 Å². The third-order valence-electron chi connectivity index (χ3n) is 3.00. The predicted octanol–water partition coefficient (Wildman–Crippen LogP) is 2.49. The second-order valence-electron chi connectivity index (χ2n) is 3.93. The van der Waals surface area contributed by atoms with Crippen LogP contribution in [-0.4, -0.2) is 22.8 Å². The minimum Gasteiger partial charge on any atom is -0.275 e. The highest BCUT2D eigenvalue weighted by Crippen LogP contribution is 2.46.